The maximum absolute atomic E-state index is 12.6. The highest BCUT2D eigenvalue weighted by molar-refractivity contribution is 5.76. The third-order valence-corrected chi connectivity index (χ3v) is 4.91. The Bertz CT molecular complexity index is 808. The first-order valence-corrected chi connectivity index (χ1v) is 8.81. The van der Waals surface area contributed by atoms with E-state index < -0.39 is 5.60 Å². The van der Waals surface area contributed by atoms with Gasteiger partial charge in [-0.05, 0) is 37.0 Å². The van der Waals surface area contributed by atoms with Crippen molar-refractivity contribution in [2.24, 2.45) is 7.05 Å². The summed E-state index contributed by atoms with van der Waals surface area (Å²) in [4.78, 5) is 14.3. The number of hydrogen-bond donors (Lipinski definition) is 1. The Kier molecular flexibility index (Phi) is 5.33. The van der Waals surface area contributed by atoms with Gasteiger partial charge in [-0.25, -0.2) is 0 Å². The minimum absolute atomic E-state index is 0.0467. The number of aryl methyl sites for hydroxylation is 2. The molecule has 1 amide bonds. The number of likely N-dealkylation sites (tertiary alicyclic amines) is 1. The second-order valence-corrected chi connectivity index (χ2v) is 6.99. The van der Waals surface area contributed by atoms with E-state index in [1.807, 2.05) is 19.2 Å². The molecule has 3 rings (SSSR count). The van der Waals surface area contributed by atoms with Gasteiger partial charge >= 0.3 is 0 Å². The number of amides is 1. The molecule has 1 N–H and O–H groups in total. The molecule has 2 aromatic rings. The van der Waals surface area contributed by atoms with Crippen molar-refractivity contribution in [2.45, 2.75) is 37.7 Å². The quantitative estimate of drug-likeness (QED) is 0.872. The molecule has 0 aliphatic carbocycles. The molecule has 0 spiro atoms. The lowest BCUT2D eigenvalue weighted by Gasteiger charge is -2.39. The minimum Gasteiger partial charge on any atom is -0.388 e. The van der Waals surface area contributed by atoms with Crippen LogP contribution in [0.25, 0.3) is 0 Å². The molecule has 1 aliphatic rings. The molecule has 1 atom stereocenters. The van der Waals surface area contributed by atoms with Crippen LogP contribution in [0.4, 0.5) is 0 Å². The van der Waals surface area contributed by atoms with Crippen molar-refractivity contribution in [1.82, 2.24) is 19.7 Å². The molecule has 0 radical (unpaired) electrons. The predicted molar refractivity (Wildman–Crippen MR) is 94.9 cm³/mol. The third kappa shape index (κ3) is 4.27. The first-order valence-electron chi connectivity index (χ1n) is 8.81. The number of nitrogens with zero attached hydrogens (tertiary/aromatic N) is 5. The SMILES string of the molecule is Cn1cnnc1CC1(O)CCCN(C(=O)CCc2ccc(C#N)cc2)C1. The van der Waals surface area contributed by atoms with E-state index in [4.69, 9.17) is 5.26 Å². The van der Waals surface area contributed by atoms with E-state index >= 15 is 0 Å². The van der Waals surface area contributed by atoms with Crippen LogP contribution in [0.15, 0.2) is 30.6 Å². The normalized spacial score (nSPS) is 20.0. The summed E-state index contributed by atoms with van der Waals surface area (Å²) in [5.41, 5.74) is 0.692. The van der Waals surface area contributed by atoms with Crippen LogP contribution in [0.1, 0.15) is 36.2 Å². The van der Waals surface area contributed by atoms with Gasteiger partial charge in [-0.15, -0.1) is 10.2 Å². The van der Waals surface area contributed by atoms with E-state index in [1.54, 1.807) is 27.9 Å². The number of aliphatic hydroxyl groups is 1. The summed E-state index contributed by atoms with van der Waals surface area (Å²) in [6.07, 6.45) is 4.45. The van der Waals surface area contributed by atoms with Crippen molar-refractivity contribution < 1.29 is 9.90 Å². The van der Waals surface area contributed by atoms with E-state index in [9.17, 15) is 9.90 Å². The summed E-state index contributed by atoms with van der Waals surface area (Å²) < 4.78 is 1.80. The number of rotatable bonds is 5. The number of nitriles is 1. The number of aromatic nitrogens is 3. The van der Waals surface area contributed by atoms with E-state index in [0.29, 0.717) is 44.3 Å². The fourth-order valence-electron chi connectivity index (χ4n) is 3.39. The van der Waals surface area contributed by atoms with E-state index in [0.717, 1.165) is 17.8 Å². The van der Waals surface area contributed by atoms with Crippen LogP contribution in [0.3, 0.4) is 0 Å². The van der Waals surface area contributed by atoms with Crippen LogP contribution in [0, 0.1) is 11.3 Å². The molecule has 0 bridgehead atoms. The summed E-state index contributed by atoms with van der Waals surface area (Å²) in [6, 6.07) is 9.38. The van der Waals surface area contributed by atoms with Gasteiger partial charge in [0.1, 0.15) is 12.2 Å². The molecule has 1 unspecified atom stereocenters. The van der Waals surface area contributed by atoms with Crippen molar-refractivity contribution in [1.29, 1.82) is 5.26 Å². The molecule has 7 heteroatoms. The summed E-state index contributed by atoms with van der Waals surface area (Å²) in [7, 11) is 1.85. The van der Waals surface area contributed by atoms with Gasteiger partial charge in [0.25, 0.3) is 0 Å². The van der Waals surface area contributed by atoms with Gasteiger partial charge in [-0.1, -0.05) is 12.1 Å². The van der Waals surface area contributed by atoms with E-state index in [2.05, 4.69) is 16.3 Å². The molecule has 1 aromatic carbocycles. The monoisotopic (exact) mass is 353 g/mol. The largest absolute Gasteiger partial charge is 0.388 e. The van der Waals surface area contributed by atoms with Crippen LogP contribution >= 0.6 is 0 Å². The number of carbonyl (C=O) groups is 1. The number of hydrogen-bond acceptors (Lipinski definition) is 5. The van der Waals surface area contributed by atoms with Gasteiger partial charge in [-0.3, -0.25) is 4.79 Å². The summed E-state index contributed by atoms with van der Waals surface area (Å²) in [5, 5.41) is 27.6. The highest BCUT2D eigenvalue weighted by Gasteiger charge is 2.36. The summed E-state index contributed by atoms with van der Waals surface area (Å²) >= 11 is 0. The lowest BCUT2D eigenvalue weighted by molar-refractivity contribution is -0.138. The Hall–Kier alpha value is -2.72. The molecule has 26 heavy (non-hydrogen) atoms. The lowest BCUT2D eigenvalue weighted by atomic mass is 9.89. The van der Waals surface area contributed by atoms with Crippen LogP contribution in [-0.4, -0.2) is 49.4 Å². The number of carbonyl (C=O) groups excluding carboxylic acids is 1. The van der Waals surface area contributed by atoms with Gasteiger partial charge in [0.15, 0.2) is 0 Å². The number of benzene rings is 1. The second-order valence-electron chi connectivity index (χ2n) is 6.99. The number of β-amino-alcohol motifs (C(OH)–C–C–N with tert-alkyl or cyclic N) is 1. The Morgan fingerprint density at radius 3 is 2.81 bits per heavy atom. The zero-order chi connectivity index (χ0) is 18.6. The van der Waals surface area contributed by atoms with Gasteiger partial charge in [0.2, 0.25) is 5.91 Å². The second kappa shape index (κ2) is 7.67. The van der Waals surface area contributed by atoms with Crippen LogP contribution < -0.4 is 0 Å². The fourth-order valence-corrected chi connectivity index (χ4v) is 3.39. The van der Waals surface area contributed by atoms with Crippen LogP contribution in [0.2, 0.25) is 0 Å². The Morgan fingerprint density at radius 1 is 1.38 bits per heavy atom. The van der Waals surface area contributed by atoms with Crippen molar-refractivity contribution in [2.75, 3.05) is 13.1 Å². The highest BCUT2D eigenvalue weighted by atomic mass is 16.3. The average Bonchev–Trinajstić information content (AvgIpc) is 3.04. The molecule has 1 fully saturated rings. The zero-order valence-electron chi connectivity index (χ0n) is 14.9. The minimum atomic E-state index is -0.955. The van der Waals surface area contributed by atoms with Gasteiger partial charge in [-0.2, -0.15) is 5.26 Å². The molecule has 1 saturated heterocycles. The molecule has 136 valence electrons. The van der Waals surface area contributed by atoms with Crippen LogP contribution in [0.5, 0.6) is 0 Å². The topological polar surface area (TPSA) is 95.0 Å². The van der Waals surface area contributed by atoms with Crippen molar-refractivity contribution in [3.05, 3.63) is 47.5 Å². The standard InChI is InChI=1S/C19H23N5O2/c1-23-14-21-22-17(23)11-19(26)9-2-10-24(13-19)18(25)8-7-15-3-5-16(12-20)6-4-15/h3-6,14,26H,2,7-11,13H2,1H3. The number of piperidine rings is 1. The van der Waals surface area contributed by atoms with E-state index in [1.165, 1.54) is 0 Å². The molecule has 1 aliphatic heterocycles. The first kappa shape index (κ1) is 18.1. The fraction of sp³-hybridized carbons (Fsp3) is 0.474. The maximum Gasteiger partial charge on any atom is 0.222 e. The molecular formula is C19H23N5O2. The molecule has 7 nitrogen and oxygen atoms in total. The Morgan fingerprint density at radius 2 is 2.15 bits per heavy atom. The summed E-state index contributed by atoms with van der Waals surface area (Å²) in [6.45, 7) is 0.999. The van der Waals surface area contributed by atoms with Gasteiger partial charge in [0.05, 0.1) is 17.2 Å². The van der Waals surface area contributed by atoms with Crippen molar-refractivity contribution in [3.8, 4) is 6.07 Å². The smallest absolute Gasteiger partial charge is 0.222 e. The average molecular weight is 353 g/mol. The molecule has 0 saturated carbocycles. The predicted octanol–water partition coefficient (Wildman–Crippen LogP) is 1.22. The maximum atomic E-state index is 12.6. The van der Waals surface area contributed by atoms with Gasteiger partial charge < -0.3 is 14.6 Å². The zero-order valence-corrected chi connectivity index (χ0v) is 14.9. The van der Waals surface area contributed by atoms with Crippen LogP contribution in [-0.2, 0) is 24.7 Å². The van der Waals surface area contributed by atoms with Gasteiger partial charge in [0, 0.05) is 33.0 Å². The Balaban J connectivity index is 1.57. The first-order chi connectivity index (χ1) is 12.5. The van der Waals surface area contributed by atoms with E-state index in [-0.39, 0.29) is 5.91 Å². The summed E-state index contributed by atoms with van der Waals surface area (Å²) in [5.74, 6) is 0.768. The Labute approximate surface area is 152 Å². The molecule has 2 heterocycles. The van der Waals surface area contributed by atoms with Crippen molar-refractivity contribution >= 4 is 5.91 Å². The third-order valence-electron chi connectivity index (χ3n) is 4.91. The van der Waals surface area contributed by atoms with Crippen molar-refractivity contribution in [3.63, 3.8) is 0 Å². The lowest BCUT2D eigenvalue weighted by Crippen LogP contribution is -2.51. The molecular weight excluding hydrogens is 330 g/mol. The molecule has 1 aromatic heterocycles. The highest BCUT2D eigenvalue weighted by Crippen LogP contribution is 2.25.